The molecule has 1 aliphatic heterocycles. The number of benzene rings is 2. The molecular weight excluding hydrogens is 364 g/mol. The number of hydrogen-bond donors (Lipinski definition) is 2. The first-order chi connectivity index (χ1) is 14.0. The van der Waals surface area contributed by atoms with E-state index in [0.29, 0.717) is 12.1 Å². The van der Waals surface area contributed by atoms with Gasteiger partial charge in [-0.3, -0.25) is 9.59 Å². The van der Waals surface area contributed by atoms with Crippen LogP contribution < -0.4 is 5.32 Å². The summed E-state index contributed by atoms with van der Waals surface area (Å²) in [6.45, 7) is 1.31. The maximum absolute atomic E-state index is 13.4. The lowest BCUT2D eigenvalue weighted by Crippen LogP contribution is -2.46. The van der Waals surface area contributed by atoms with Gasteiger partial charge in [-0.1, -0.05) is 36.4 Å². The zero-order valence-electron chi connectivity index (χ0n) is 17.0. The Bertz CT molecular complexity index is 1060. The maximum atomic E-state index is 13.4. The third-order valence-electron chi connectivity index (χ3n) is 5.66. The highest BCUT2D eigenvalue weighted by Gasteiger charge is 2.43. The van der Waals surface area contributed by atoms with Crippen molar-refractivity contribution in [3.8, 4) is 0 Å². The zero-order chi connectivity index (χ0) is 20.5. The summed E-state index contributed by atoms with van der Waals surface area (Å²) in [5.41, 5.74) is 3.33. The molecule has 1 aromatic heterocycles. The minimum absolute atomic E-state index is 0.0612. The van der Waals surface area contributed by atoms with Gasteiger partial charge in [0.15, 0.2) is 0 Å². The van der Waals surface area contributed by atoms with Crippen molar-refractivity contribution in [1.29, 1.82) is 0 Å². The van der Waals surface area contributed by atoms with Gasteiger partial charge in [-0.25, -0.2) is 0 Å². The number of para-hydroxylation sites is 1. The molecule has 0 bridgehead atoms. The monoisotopic (exact) mass is 390 g/mol. The number of fused-ring (bicyclic) bond motifs is 2. The number of amides is 2. The smallest absolute Gasteiger partial charge is 0.254 e. The van der Waals surface area contributed by atoms with Crippen LogP contribution in [0.15, 0.2) is 54.7 Å². The van der Waals surface area contributed by atoms with Crippen LogP contribution in [0.1, 0.15) is 33.4 Å². The molecule has 2 heterocycles. The molecule has 2 atom stereocenters. The summed E-state index contributed by atoms with van der Waals surface area (Å²) in [4.78, 5) is 33.5. The van der Waals surface area contributed by atoms with Crippen molar-refractivity contribution in [3.63, 3.8) is 0 Å². The molecule has 150 valence electrons. The molecule has 29 heavy (non-hydrogen) atoms. The lowest BCUT2D eigenvalue weighted by atomic mass is 9.79. The summed E-state index contributed by atoms with van der Waals surface area (Å²) < 4.78 is 0. The highest BCUT2D eigenvalue weighted by atomic mass is 16.2. The van der Waals surface area contributed by atoms with E-state index in [1.54, 1.807) is 18.0 Å². The van der Waals surface area contributed by atoms with Crippen LogP contribution in [0, 0.1) is 0 Å². The number of nitrogens with zero attached hydrogens (tertiary/aromatic N) is 2. The van der Waals surface area contributed by atoms with E-state index in [4.69, 9.17) is 0 Å². The number of H-pyrrole nitrogens is 1. The van der Waals surface area contributed by atoms with Crippen LogP contribution >= 0.6 is 0 Å². The Balaban J connectivity index is 1.80. The first-order valence-corrected chi connectivity index (χ1v) is 9.83. The Morgan fingerprint density at radius 2 is 1.83 bits per heavy atom. The lowest BCUT2D eigenvalue weighted by molar-refractivity contribution is -0.124. The van der Waals surface area contributed by atoms with E-state index in [2.05, 4.69) is 10.3 Å². The van der Waals surface area contributed by atoms with Crippen LogP contribution in [0.3, 0.4) is 0 Å². The summed E-state index contributed by atoms with van der Waals surface area (Å²) in [5, 5.41) is 4.10. The SMILES string of the molecule is CN(C)CCNC(=O)[C@@H]1c2ccccc2C(=O)N(C)[C@H]1c1c[nH]c2ccccc12. The van der Waals surface area contributed by atoms with Gasteiger partial charge in [-0.2, -0.15) is 0 Å². The van der Waals surface area contributed by atoms with Crippen LogP contribution in [-0.4, -0.2) is 60.8 Å². The summed E-state index contributed by atoms with van der Waals surface area (Å²) >= 11 is 0. The molecule has 3 aromatic rings. The number of aromatic nitrogens is 1. The average Bonchev–Trinajstić information content (AvgIpc) is 3.14. The van der Waals surface area contributed by atoms with Crippen LogP contribution in [0.25, 0.3) is 10.9 Å². The van der Waals surface area contributed by atoms with E-state index in [0.717, 1.165) is 28.6 Å². The number of carbonyl (C=O) groups excluding carboxylic acids is 2. The topological polar surface area (TPSA) is 68.4 Å². The quantitative estimate of drug-likeness (QED) is 0.704. The summed E-state index contributed by atoms with van der Waals surface area (Å²) in [5.74, 6) is -0.600. The number of likely N-dealkylation sites (N-methyl/N-ethyl adjacent to an activating group) is 2. The van der Waals surface area contributed by atoms with E-state index >= 15 is 0 Å². The van der Waals surface area contributed by atoms with E-state index in [1.807, 2.05) is 67.7 Å². The minimum atomic E-state index is -0.477. The normalized spacial score (nSPS) is 18.9. The molecular formula is C23H26N4O2. The molecule has 0 spiro atoms. The lowest BCUT2D eigenvalue weighted by Gasteiger charge is -2.39. The van der Waals surface area contributed by atoms with Gasteiger partial charge in [0.1, 0.15) is 0 Å². The van der Waals surface area contributed by atoms with Gasteiger partial charge in [0.05, 0.1) is 12.0 Å². The average molecular weight is 390 g/mol. The van der Waals surface area contributed by atoms with E-state index in [9.17, 15) is 9.59 Å². The molecule has 2 N–H and O–H groups in total. The first-order valence-electron chi connectivity index (χ1n) is 9.83. The molecule has 6 nitrogen and oxygen atoms in total. The van der Waals surface area contributed by atoms with Crippen molar-refractivity contribution in [2.45, 2.75) is 12.0 Å². The van der Waals surface area contributed by atoms with Crippen LogP contribution in [0.2, 0.25) is 0 Å². The third-order valence-corrected chi connectivity index (χ3v) is 5.66. The maximum Gasteiger partial charge on any atom is 0.254 e. The second kappa shape index (κ2) is 7.72. The number of nitrogens with one attached hydrogen (secondary N) is 2. The van der Waals surface area contributed by atoms with E-state index in [1.165, 1.54) is 0 Å². The molecule has 0 radical (unpaired) electrons. The van der Waals surface area contributed by atoms with Crippen molar-refractivity contribution in [3.05, 3.63) is 71.4 Å². The standard InChI is InChI=1S/C23H26N4O2/c1-26(2)13-12-24-22(28)20-16-9-4-5-10-17(16)23(29)27(3)21(20)18-14-25-19-11-7-6-8-15(18)19/h4-11,14,20-21,25H,12-13H2,1-3H3,(H,24,28)/t20-,21+/m1/s1. The second-order valence-electron chi connectivity index (χ2n) is 7.81. The van der Waals surface area contributed by atoms with Gasteiger partial charge in [0.25, 0.3) is 5.91 Å². The molecule has 2 aromatic carbocycles. The summed E-state index contributed by atoms with van der Waals surface area (Å²) in [7, 11) is 5.73. The molecule has 0 saturated carbocycles. The van der Waals surface area contributed by atoms with Crippen LogP contribution in [0.5, 0.6) is 0 Å². The Kier molecular flexibility index (Phi) is 5.11. The number of hydrogen-bond acceptors (Lipinski definition) is 3. The zero-order valence-corrected chi connectivity index (χ0v) is 17.0. The van der Waals surface area contributed by atoms with Crippen LogP contribution in [-0.2, 0) is 4.79 Å². The highest BCUT2D eigenvalue weighted by Crippen LogP contribution is 2.43. The fraction of sp³-hybridized carbons (Fsp3) is 0.304. The molecule has 4 rings (SSSR count). The van der Waals surface area contributed by atoms with Crippen LogP contribution in [0.4, 0.5) is 0 Å². The Morgan fingerprint density at radius 1 is 1.10 bits per heavy atom. The fourth-order valence-corrected chi connectivity index (χ4v) is 4.20. The van der Waals surface area contributed by atoms with Gasteiger partial charge < -0.3 is 20.1 Å². The van der Waals surface area contributed by atoms with Crippen molar-refractivity contribution in [1.82, 2.24) is 20.1 Å². The number of carbonyl (C=O) groups is 2. The number of aromatic amines is 1. The summed E-state index contributed by atoms with van der Waals surface area (Å²) in [6, 6.07) is 15.0. The fourth-order valence-electron chi connectivity index (χ4n) is 4.20. The predicted octanol–water partition coefficient (Wildman–Crippen LogP) is 2.76. The van der Waals surface area contributed by atoms with Crippen molar-refractivity contribution in [2.24, 2.45) is 0 Å². The molecule has 2 amide bonds. The second-order valence-corrected chi connectivity index (χ2v) is 7.81. The van der Waals surface area contributed by atoms with Gasteiger partial charge in [-0.05, 0) is 31.8 Å². The van der Waals surface area contributed by atoms with Crippen molar-refractivity contribution < 1.29 is 9.59 Å². The minimum Gasteiger partial charge on any atom is -0.361 e. The molecule has 0 aliphatic carbocycles. The first kappa shape index (κ1) is 19.2. The predicted molar refractivity (Wildman–Crippen MR) is 114 cm³/mol. The van der Waals surface area contributed by atoms with Gasteiger partial charge in [0, 0.05) is 48.4 Å². The van der Waals surface area contributed by atoms with Gasteiger partial charge in [0.2, 0.25) is 5.91 Å². The van der Waals surface area contributed by atoms with Gasteiger partial charge >= 0.3 is 0 Å². The molecule has 6 heteroatoms. The van der Waals surface area contributed by atoms with Gasteiger partial charge in [-0.15, -0.1) is 0 Å². The largest absolute Gasteiger partial charge is 0.361 e. The Hall–Kier alpha value is -3.12. The Labute approximate surface area is 170 Å². The third kappa shape index (κ3) is 3.40. The summed E-state index contributed by atoms with van der Waals surface area (Å²) in [6.07, 6.45) is 1.92. The molecule has 0 fully saturated rings. The van der Waals surface area contributed by atoms with E-state index in [-0.39, 0.29) is 17.9 Å². The van der Waals surface area contributed by atoms with Crippen molar-refractivity contribution in [2.75, 3.05) is 34.2 Å². The molecule has 1 aliphatic rings. The Morgan fingerprint density at radius 3 is 2.62 bits per heavy atom. The molecule has 0 unspecified atom stereocenters. The van der Waals surface area contributed by atoms with E-state index < -0.39 is 5.92 Å². The number of rotatable bonds is 5. The highest BCUT2D eigenvalue weighted by molar-refractivity contribution is 6.02. The molecule has 0 saturated heterocycles. The van der Waals surface area contributed by atoms with Crippen molar-refractivity contribution >= 4 is 22.7 Å².